The van der Waals surface area contributed by atoms with Gasteiger partial charge in [-0.3, -0.25) is 4.79 Å². The zero-order valence-corrected chi connectivity index (χ0v) is 12.4. The summed E-state index contributed by atoms with van der Waals surface area (Å²) in [4.78, 5) is 28.5. The van der Waals surface area contributed by atoms with Crippen LogP contribution in [0.3, 0.4) is 0 Å². The van der Waals surface area contributed by atoms with E-state index in [1.807, 2.05) is 0 Å². The Balaban J connectivity index is 5.34. The number of ether oxygens (including phenoxy) is 1. The molecular weight excluding hydrogens is 336 g/mol. The third kappa shape index (κ3) is 5.92. The lowest BCUT2D eigenvalue weighted by atomic mass is 10.1. The van der Waals surface area contributed by atoms with Crippen molar-refractivity contribution in [2.24, 2.45) is 0 Å². The van der Waals surface area contributed by atoms with Gasteiger partial charge in [-0.05, 0) is 6.92 Å². The van der Waals surface area contributed by atoms with Crippen LogP contribution in [0.2, 0.25) is 0 Å². The summed E-state index contributed by atoms with van der Waals surface area (Å²) < 4.78 is 4.55. The van der Waals surface area contributed by atoms with E-state index in [1.54, 1.807) is 0 Å². The van der Waals surface area contributed by atoms with E-state index in [-0.39, 0.29) is 13.1 Å². The molecular formula is C12H18O12. The molecule has 0 saturated carbocycles. The van der Waals surface area contributed by atoms with Crippen molar-refractivity contribution in [3.63, 3.8) is 0 Å². The first-order chi connectivity index (χ1) is 11.2. The second-order valence-corrected chi connectivity index (χ2v) is 4.13. The molecule has 0 aliphatic rings. The average molecular weight is 354 g/mol. The van der Waals surface area contributed by atoms with Gasteiger partial charge in [-0.2, -0.15) is 4.89 Å². The quantitative estimate of drug-likeness (QED) is 0.0426. The van der Waals surface area contributed by atoms with Crippen LogP contribution in [0, 0.1) is 0 Å². The van der Waals surface area contributed by atoms with Crippen LogP contribution in [0.4, 0.5) is 0 Å². The van der Waals surface area contributed by atoms with Crippen molar-refractivity contribution in [3.8, 4) is 0 Å². The lowest BCUT2D eigenvalue weighted by molar-refractivity contribution is -0.275. The van der Waals surface area contributed by atoms with Crippen LogP contribution in [-0.2, 0) is 24.1 Å². The maximum absolute atomic E-state index is 10.8. The summed E-state index contributed by atoms with van der Waals surface area (Å²) in [6, 6.07) is 0. The first-order valence-corrected chi connectivity index (χ1v) is 6.36. The monoisotopic (exact) mass is 354 g/mol. The Labute approximate surface area is 135 Å². The van der Waals surface area contributed by atoms with Gasteiger partial charge >= 0.3 is 12.4 Å². The molecule has 0 aromatic heterocycles. The SMILES string of the molecule is CCO/C(C(=O)O)=C(O)\C(O)=C(/O)C(O)C(O)C(O)COOC=O. The van der Waals surface area contributed by atoms with Crippen molar-refractivity contribution < 1.29 is 59.8 Å². The second kappa shape index (κ2) is 10.3. The third-order valence-corrected chi connectivity index (χ3v) is 2.51. The van der Waals surface area contributed by atoms with Crippen LogP contribution >= 0.6 is 0 Å². The first kappa shape index (κ1) is 21.5. The van der Waals surface area contributed by atoms with Gasteiger partial charge in [0.1, 0.15) is 24.9 Å². The molecule has 0 aliphatic heterocycles. The minimum Gasteiger partial charge on any atom is -0.506 e. The molecule has 0 radical (unpaired) electrons. The number of carbonyl (C=O) groups is 2. The van der Waals surface area contributed by atoms with Crippen molar-refractivity contribution in [3.05, 3.63) is 23.0 Å². The summed E-state index contributed by atoms with van der Waals surface area (Å²) in [5, 5.41) is 66.1. The summed E-state index contributed by atoms with van der Waals surface area (Å²) in [5.74, 6) is -7.25. The van der Waals surface area contributed by atoms with Gasteiger partial charge in [0.2, 0.25) is 11.5 Å². The molecule has 0 aliphatic carbocycles. The van der Waals surface area contributed by atoms with Crippen LogP contribution < -0.4 is 0 Å². The molecule has 3 atom stereocenters. The minimum absolute atomic E-state index is 0.122. The topological polar surface area (TPSA) is 203 Å². The normalized spacial score (nSPS) is 17.0. The second-order valence-electron chi connectivity index (χ2n) is 4.13. The number of carboxylic acids is 1. The zero-order valence-electron chi connectivity index (χ0n) is 12.4. The maximum atomic E-state index is 10.8. The molecule has 0 heterocycles. The van der Waals surface area contributed by atoms with Crippen LogP contribution in [0.25, 0.3) is 0 Å². The minimum atomic E-state index is -2.35. The first-order valence-electron chi connectivity index (χ1n) is 6.36. The molecule has 0 bridgehead atoms. The molecule has 3 unspecified atom stereocenters. The fourth-order valence-electron chi connectivity index (χ4n) is 1.35. The maximum Gasteiger partial charge on any atom is 0.375 e. The van der Waals surface area contributed by atoms with E-state index in [1.165, 1.54) is 6.92 Å². The van der Waals surface area contributed by atoms with Crippen molar-refractivity contribution in [2.45, 2.75) is 25.2 Å². The standard InChI is InChI=1S/C12H18O12/c1-2-22-11(12(20)21)10(19)9(18)8(17)7(16)6(15)5(14)3-23-24-4-13/h4-7,14-19H,2-3H2,1H3,(H,20,21)/b9-8+,11-10+. The van der Waals surface area contributed by atoms with Crippen molar-refractivity contribution in [1.29, 1.82) is 0 Å². The van der Waals surface area contributed by atoms with Crippen molar-refractivity contribution in [2.75, 3.05) is 13.2 Å². The van der Waals surface area contributed by atoms with E-state index in [0.29, 0.717) is 0 Å². The molecule has 0 amide bonds. The highest BCUT2D eigenvalue weighted by atomic mass is 17.2. The van der Waals surface area contributed by atoms with Crippen LogP contribution in [0.15, 0.2) is 23.0 Å². The largest absolute Gasteiger partial charge is 0.506 e. The van der Waals surface area contributed by atoms with E-state index in [4.69, 9.17) is 5.11 Å². The van der Waals surface area contributed by atoms with Crippen LogP contribution in [-0.4, -0.2) is 79.7 Å². The van der Waals surface area contributed by atoms with Gasteiger partial charge in [-0.15, -0.1) is 0 Å². The Bertz CT molecular complexity index is 496. The van der Waals surface area contributed by atoms with Crippen LogP contribution in [0.5, 0.6) is 0 Å². The number of rotatable bonds is 11. The number of carbonyl (C=O) groups excluding carboxylic acids is 1. The fraction of sp³-hybridized carbons (Fsp3) is 0.500. The average Bonchev–Trinajstić information content (AvgIpc) is 2.56. The molecule has 0 fully saturated rings. The lowest BCUT2D eigenvalue weighted by Crippen LogP contribution is -2.41. The Kier molecular flexibility index (Phi) is 9.19. The molecule has 24 heavy (non-hydrogen) atoms. The van der Waals surface area contributed by atoms with Gasteiger partial charge in [-0.1, -0.05) is 0 Å². The van der Waals surface area contributed by atoms with E-state index >= 15 is 0 Å². The summed E-state index contributed by atoms with van der Waals surface area (Å²) in [6.45, 7) is 0.264. The predicted octanol–water partition coefficient (Wildman–Crippen LogP) is -1.61. The van der Waals surface area contributed by atoms with E-state index in [2.05, 4.69) is 14.5 Å². The number of hydrogen-bond donors (Lipinski definition) is 7. The van der Waals surface area contributed by atoms with Crippen molar-refractivity contribution in [1.82, 2.24) is 0 Å². The number of hydrogen-bond acceptors (Lipinski definition) is 11. The highest BCUT2D eigenvalue weighted by Gasteiger charge is 2.32. The summed E-state index contributed by atoms with van der Waals surface area (Å²) >= 11 is 0. The number of carboxylic acid groups (broad SMARTS) is 1. The molecule has 7 N–H and O–H groups in total. The Hall–Kier alpha value is -2.54. The zero-order chi connectivity index (χ0) is 18.9. The number of aliphatic hydroxyl groups excluding tert-OH is 6. The summed E-state index contributed by atoms with van der Waals surface area (Å²) in [7, 11) is 0. The van der Waals surface area contributed by atoms with Gasteiger partial charge in [-0.25, -0.2) is 4.79 Å². The van der Waals surface area contributed by atoms with E-state index < -0.39 is 53.9 Å². The molecule has 0 spiro atoms. The molecule has 138 valence electrons. The van der Waals surface area contributed by atoms with Crippen molar-refractivity contribution >= 4 is 12.4 Å². The number of aliphatic hydroxyl groups is 6. The molecule has 0 saturated heterocycles. The fourth-order valence-corrected chi connectivity index (χ4v) is 1.35. The number of aliphatic carboxylic acids is 1. The lowest BCUT2D eigenvalue weighted by Gasteiger charge is -2.22. The molecule has 0 aromatic carbocycles. The van der Waals surface area contributed by atoms with Gasteiger partial charge in [0.25, 0.3) is 5.76 Å². The predicted molar refractivity (Wildman–Crippen MR) is 72.3 cm³/mol. The van der Waals surface area contributed by atoms with Crippen LogP contribution in [0.1, 0.15) is 6.92 Å². The van der Waals surface area contributed by atoms with Gasteiger partial charge in [0.15, 0.2) is 5.76 Å². The summed E-state index contributed by atoms with van der Waals surface area (Å²) in [6.07, 6.45) is -6.39. The van der Waals surface area contributed by atoms with E-state index in [9.17, 15) is 40.2 Å². The molecule has 12 heteroatoms. The van der Waals surface area contributed by atoms with E-state index in [0.717, 1.165) is 0 Å². The Morgan fingerprint density at radius 2 is 1.67 bits per heavy atom. The smallest absolute Gasteiger partial charge is 0.375 e. The Morgan fingerprint density at radius 3 is 2.12 bits per heavy atom. The highest BCUT2D eigenvalue weighted by Crippen LogP contribution is 2.18. The molecule has 0 aromatic rings. The molecule has 0 rings (SSSR count). The third-order valence-electron chi connectivity index (χ3n) is 2.51. The van der Waals surface area contributed by atoms with Gasteiger partial charge < -0.3 is 45.4 Å². The van der Waals surface area contributed by atoms with Gasteiger partial charge in [0.05, 0.1) is 6.61 Å². The highest BCUT2D eigenvalue weighted by molar-refractivity contribution is 5.85. The van der Waals surface area contributed by atoms with Gasteiger partial charge in [0, 0.05) is 0 Å². The molecule has 12 nitrogen and oxygen atoms in total. The summed E-state index contributed by atoms with van der Waals surface area (Å²) in [5.41, 5.74) is 0. The Morgan fingerprint density at radius 1 is 1.08 bits per heavy atom.